The Labute approximate surface area is 111 Å². The first-order chi connectivity index (χ1) is 9.09. The number of anilines is 1. The predicted octanol–water partition coefficient (Wildman–Crippen LogP) is 0.671. The Morgan fingerprint density at radius 1 is 1.42 bits per heavy atom. The molecule has 0 saturated carbocycles. The summed E-state index contributed by atoms with van der Waals surface area (Å²) in [7, 11) is 1.88. The molecule has 1 aromatic carbocycles. The van der Waals surface area contributed by atoms with Gasteiger partial charge in [0.15, 0.2) is 0 Å². The highest BCUT2D eigenvalue weighted by Gasteiger charge is 2.16. The number of amidine groups is 1. The van der Waals surface area contributed by atoms with Gasteiger partial charge < -0.3 is 10.6 Å². The van der Waals surface area contributed by atoms with Crippen LogP contribution >= 0.6 is 0 Å². The minimum Gasteiger partial charge on any atom is -0.387 e. The van der Waals surface area contributed by atoms with Crippen LogP contribution in [0.5, 0.6) is 0 Å². The summed E-state index contributed by atoms with van der Waals surface area (Å²) < 4.78 is 1.66. The van der Waals surface area contributed by atoms with Crippen molar-refractivity contribution in [2.24, 2.45) is 11.7 Å². The van der Waals surface area contributed by atoms with Gasteiger partial charge in [0, 0.05) is 19.5 Å². The van der Waals surface area contributed by atoms with Crippen molar-refractivity contribution in [3.05, 3.63) is 30.3 Å². The summed E-state index contributed by atoms with van der Waals surface area (Å²) in [5.41, 5.74) is 6.38. The van der Waals surface area contributed by atoms with E-state index in [2.05, 4.69) is 15.5 Å². The van der Waals surface area contributed by atoms with E-state index in [0.717, 1.165) is 5.69 Å². The molecule has 19 heavy (non-hydrogen) atoms. The second kappa shape index (κ2) is 5.47. The van der Waals surface area contributed by atoms with Gasteiger partial charge in [0.1, 0.15) is 0 Å². The van der Waals surface area contributed by atoms with E-state index in [1.807, 2.05) is 49.2 Å². The minimum absolute atomic E-state index is 0.0501. The molecule has 100 valence electrons. The standard InChI is InChI=1S/C12H17N7/c1-9(11(13)14)8-18(2)12-15-16-17-19(12)10-6-4-3-5-7-10/h3-7,9H,8H2,1-2H3,(H3,13,14). The molecule has 1 heterocycles. The Hall–Kier alpha value is -2.44. The van der Waals surface area contributed by atoms with E-state index < -0.39 is 0 Å². The molecule has 0 saturated heterocycles. The zero-order chi connectivity index (χ0) is 13.8. The quantitative estimate of drug-likeness (QED) is 0.607. The summed E-state index contributed by atoms with van der Waals surface area (Å²) in [6.07, 6.45) is 0. The average Bonchev–Trinajstić information content (AvgIpc) is 2.88. The largest absolute Gasteiger partial charge is 0.387 e. The summed E-state index contributed by atoms with van der Waals surface area (Å²) in [4.78, 5) is 1.89. The summed E-state index contributed by atoms with van der Waals surface area (Å²) in [5.74, 6) is 0.732. The van der Waals surface area contributed by atoms with Crippen LogP contribution in [0.4, 0.5) is 5.95 Å². The van der Waals surface area contributed by atoms with E-state index in [4.69, 9.17) is 11.1 Å². The number of aromatic nitrogens is 4. The SMILES string of the molecule is CC(CN(C)c1nnnn1-c1ccccc1)C(=N)N. The average molecular weight is 259 g/mol. The van der Waals surface area contributed by atoms with Crippen molar-refractivity contribution in [1.29, 1.82) is 5.41 Å². The first-order valence-corrected chi connectivity index (χ1v) is 5.98. The maximum atomic E-state index is 7.43. The third kappa shape index (κ3) is 2.87. The molecule has 1 unspecified atom stereocenters. The van der Waals surface area contributed by atoms with Crippen LogP contribution < -0.4 is 10.6 Å². The van der Waals surface area contributed by atoms with Gasteiger partial charge in [0.05, 0.1) is 11.5 Å². The second-order valence-electron chi connectivity index (χ2n) is 4.46. The molecule has 0 bridgehead atoms. The lowest BCUT2D eigenvalue weighted by Gasteiger charge is -2.21. The van der Waals surface area contributed by atoms with Gasteiger partial charge in [0.25, 0.3) is 0 Å². The van der Waals surface area contributed by atoms with Crippen molar-refractivity contribution in [2.45, 2.75) is 6.92 Å². The molecule has 0 amide bonds. The molecule has 2 rings (SSSR count). The van der Waals surface area contributed by atoms with Crippen LogP contribution in [0.15, 0.2) is 30.3 Å². The highest BCUT2D eigenvalue weighted by atomic mass is 15.6. The first-order valence-electron chi connectivity index (χ1n) is 5.98. The number of tetrazole rings is 1. The van der Waals surface area contributed by atoms with Crippen molar-refractivity contribution in [2.75, 3.05) is 18.5 Å². The fourth-order valence-electron chi connectivity index (χ4n) is 1.75. The topological polar surface area (TPSA) is 96.7 Å². The van der Waals surface area contributed by atoms with E-state index in [1.165, 1.54) is 0 Å². The van der Waals surface area contributed by atoms with Crippen LogP contribution in [-0.4, -0.2) is 39.6 Å². The second-order valence-corrected chi connectivity index (χ2v) is 4.46. The zero-order valence-electron chi connectivity index (χ0n) is 11.0. The predicted molar refractivity (Wildman–Crippen MR) is 73.5 cm³/mol. The molecule has 0 aliphatic heterocycles. The van der Waals surface area contributed by atoms with Gasteiger partial charge in [-0.05, 0) is 22.6 Å². The van der Waals surface area contributed by atoms with Crippen LogP contribution in [0.3, 0.4) is 0 Å². The Bertz CT molecular complexity index is 548. The van der Waals surface area contributed by atoms with Crippen LogP contribution in [0.2, 0.25) is 0 Å². The van der Waals surface area contributed by atoms with E-state index in [0.29, 0.717) is 12.5 Å². The number of nitrogens with two attached hydrogens (primary N) is 1. The molecule has 1 aromatic heterocycles. The molecule has 0 aliphatic carbocycles. The fourth-order valence-corrected chi connectivity index (χ4v) is 1.75. The number of nitrogens with zero attached hydrogens (tertiary/aromatic N) is 5. The van der Waals surface area contributed by atoms with Gasteiger partial charge in [-0.1, -0.05) is 30.2 Å². The maximum absolute atomic E-state index is 7.43. The van der Waals surface area contributed by atoms with Gasteiger partial charge >= 0.3 is 0 Å². The van der Waals surface area contributed by atoms with Gasteiger partial charge in [-0.15, -0.1) is 0 Å². The fraction of sp³-hybridized carbons (Fsp3) is 0.333. The molecule has 2 aromatic rings. The monoisotopic (exact) mass is 259 g/mol. The van der Waals surface area contributed by atoms with Crippen LogP contribution in [0.25, 0.3) is 5.69 Å². The Balaban J connectivity index is 2.22. The van der Waals surface area contributed by atoms with Crippen molar-refractivity contribution in [3.63, 3.8) is 0 Å². The third-order valence-corrected chi connectivity index (χ3v) is 2.87. The van der Waals surface area contributed by atoms with E-state index in [1.54, 1.807) is 4.68 Å². The van der Waals surface area contributed by atoms with E-state index in [9.17, 15) is 0 Å². The zero-order valence-corrected chi connectivity index (χ0v) is 11.0. The Kier molecular flexibility index (Phi) is 3.74. The highest BCUT2D eigenvalue weighted by Crippen LogP contribution is 2.14. The summed E-state index contributed by atoms with van der Waals surface area (Å²) in [6, 6.07) is 9.66. The molecule has 0 fully saturated rings. The van der Waals surface area contributed by atoms with E-state index in [-0.39, 0.29) is 11.8 Å². The van der Waals surface area contributed by atoms with Crippen LogP contribution in [0.1, 0.15) is 6.92 Å². The minimum atomic E-state index is -0.0501. The molecule has 7 nitrogen and oxygen atoms in total. The number of hydrogen-bond acceptors (Lipinski definition) is 5. The van der Waals surface area contributed by atoms with Gasteiger partial charge in [-0.2, -0.15) is 4.68 Å². The normalized spacial score (nSPS) is 12.1. The van der Waals surface area contributed by atoms with Crippen molar-refractivity contribution >= 4 is 11.8 Å². The van der Waals surface area contributed by atoms with Crippen molar-refractivity contribution in [1.82, 2.24) is 20.2 Å². The lowest BCUT2D eigenvalue weighted by atomic mass is 10.1. The highest BCUT2D eigenvalue weighted by molar-refractivity contribution is 5.79. The molecular formula is C12H17N7. The summed E-state index contributed by atoms with van der Waals surface area (Å²) in [5, 5.41) is 19.1. The smallest absolute Gasteiger partial charge is 0.250 e. The van der Waals surface area contributed by atoms with Crippen molar-refractivity contribution < 1.29 is 0 Å². The molecule has 3 N–H and O–H groups in total. The Morgan fingerprint density at radius 3 is 2.74 bits per heavy atom. The van der Waals surface area contributed by atoms with Crippen molar-refractivity contribution in [3.8, 4) is 5.69 Å². The molecular weight excluding hydrogens is 242 g/mol. The molecule has 1 atom stereocenters. The summed E-state index contributed by atoms with van der Waals surface area (Å²) >= 11 is 0. The number of nitrogens with one attached hydrogen (secondary N) is 1. The lowest BCUT2D eigenvalue weighted by molar-refractivity contribution is 0.700. The number of benzene rings is 1. The van der Waals surface area contributed by atoms with E-state index >= 15 is 0 Å². The molecule has 0 radical (unpaired) electrons. The first kappa shape index (κ1) is 13.0. The molecule has 7 heteroatoms. The van der Waals surface area contributed by atoms with Gasteiger partial charge in [-0.3, -0.25) is 5.41 Å². The van der Waals surface area contributed by atoms with Crippen LogP contribution in [-0.2, 0) is 0 Å². The summed E-state index contributed by atoms with van der Waals surface area (Å²) in [6.45, 7) is 2.48. The van der Waals surface area contributed by atoms with Crippen LogP contribution in [0, 0.1) is 11.3 Å². The van der Waals surface area contributed by atoms with Gasteiger partial charge in [-0.25, -0.2) is 0 Å². The molecule has 0 aliphatic rings. The van der Waals surface area contributed by atoms with Gasteiger partial charge in [0.2, 0.25) is 5.95 Å². The number of hydrogen-bond donors (Lipinski definition) is 2. The third-order valence-electron chi connectivity index (χ3n) is 2.87. The number of rotatable bonds is 5. The number of para-hydroxylation sites is 1. The Morgan fingerprint density at radius 2 is 2.11 bits per heavy atom. The maximum Gasteiger partial charge on any atom is 0.250 e. The molecule has 0 spiro atoms. The lowest BCUT2D eigenvalue weighted by Crippen LogP contribution is -2.33.